The second-order valence-corrected chi connectivity index (χ2v) is 2.43. The van der Waals surface area contributed by atoms with Crippen LogP contribution >= 0.6 is 0 Å². The van der Waals surface area contributed by atoms with Crippen molar-refractivity contribution in [2.24, 2.45) is 0 Å². The summed E-state index contributed by atoms with van der Waals surface area (Å²) in [5.74, 6) is -3.75. The molecule has 0 aliphatic rings. The van der Waals surface area contributed by atoms with Crippen molar-refractivity contribution in [2.75, 3.05) is 0 Å². The number of benzene rings is 1. The predicted molar refractivity (Wildman–Crippen MR) is 38.9 cm³/mol. The molecule has 1 aromatic carbocycles. The Morgan fingerprint density at radius 3 is 2.43 bits per heavy atom. The third-order valence-corrected chi connectivity index (χ3v) is 1.45. The summed E-state index contributed by atoms with van der Waals surface area (Å²) in [6.45, 7) is -3.82. The van der Waals surface area contributed by atoms with Gasteiger partial charge in [0.15, 0.2) is 11.6 Å². The monoisotopic (exact) mass is 210 g/mol. The lowest BCUT2D eigenvalue weighted by Crippen LogP contribution is -2.05. The highest BCUT2D eigenvalue weighted by Gasteiger charge is 2.15. The van der Waals surface area contributed by atoms with Crippen LogP contribution in [-0.4, -0.2) is 11.7 Å². The van der Waals surface area contributed by atoms with Crippen LogP contribution in [0.3, 0.4) is 0 Å². The zero-order chi connectivity index (χ0) is 10.7. The summed E-state index contributed by atoms with van der Waals surface area (Å²) >= 11 is 0. The molecule has 0 spiro atoms. The number of halogens is 4. The summed E-state index contributed by atoms with van der Waals surface area (Å²) in [7, 11) is 0. The van der Waals surface area contributed by atoms with Crippen LogP contribution in [-0.2, 0) is 6.61 Å². The molecule has 78 valence electrons. The molecule has 0 atom stereocenters. The van der Waals surface area contributed by atoms with E-state index in [-0.39, 0.29) is 5.56 Å². The van der Waals surface area contributed by atoms with Gasteiger partial charge >= 0.3 is 6.61 Å². The highest BCUT2D eigenvalue weighted by Crippen LogP contribution is 2.23. The molecule has 0 unspecified atom stereocenters. The van der Waals surface area contributed by atoms with Crippen molar-refractivity contribution < 1.29 is 27.4 Å². The first kappa shape index (κ1) is 10.8. The maximum atomic E-state index is 12.8. The molecule has 2 nitrogen and oxygen atoms in total. The van der Waals surface area contributed by atoms with E-state index in [1.165, 1.54) is 0 Å². The Labute approximate surface area is 76.7 Å². The zero-order valence-corrected chi connectivity index (χ0v) is 6.81. The van der Waals surface area contributed by atoms with Crippen molar-refractivity contribution in [1.82, 2.24) is 0 Å². The third-order valence-electron chi connectivity index (χ3n) is 1.45. The van der Waals surface area contributed by atoms with Crippen LogP contribution in [0.1, 0.15) is 5.56 Å². The van der Waals surface area contributed by atoms with Gasteiger partial charge in [0.05, 0.1) is 6.61 Å². The Morgan fingerprint density at radius 1 is 1.29 bits per heavy atom. The topological polar surface area (TPSA) is 29.5 Å². The molecular formula is C8H6F4O2. The quantitative estimate of drug-likeness (QED) is 0.773. The minimum atomic E-state index is -3.24. The number of hydrogen-bond acceptors (Lipinski definition) is 2. The molecule has 0 aliphatic heterocycles. The van der Waals surface area contributed by atoms with Crippen LogP contribution < -0.4 is 4.74 Å². The third kappa shape index (κ3) is 2.35. The van der Waals surface area contributed by atoms with Crippen LogP contribution in [0.5, 0.6) is 5.75 Å². The minimum Gasteiger partial charge on any atom is -0.432 e. The molecule has 1 rings (SSSR count). The predicted octanol–water partition coefficient (Wildman–Crippen LogP) is 2.06. The summed E-state index contributed by atoms with van der Waals surface area (Å²) in [5.41, 5.74) is -0.0421. The molecular weight excluding hydrogens is 204 g/mol. The van der Waals surface area contributed by atoms with E-state index in [0.29, 0.717) is 6.07 Å². The second-order valence-electron chi connectivity index (χ2n) is 2.43. The first-order chi connectivity index (χ1) is 6.54. The van der Waals surface area contributed by atoms with Crippen molar-refractivity contribution in [1.29, 1.82) is 0 Å². The molecule has 6 heteroatoms. The summed E-state index contributed by atoms with van der Waals surface area (Å²) in [5, 5.41) is 8.58. The summed E-state index contributed by atoms with van der Waals surface area (Å²) in [6.07, 6.45) is 0. The number of aliphatic hydroxyl groups excluding tert-OH is 1. The molecule has 0 radical (unpaired) electrons. The van der Waals surface area contributed by atoms with Gasteiger partial charge in [-0.1, -0.05) is 0 Å². The van der Waals surface area contributed by atoms with E-state index in [1.54, 1.807) is 0 Å². The smallest absolute Gasteiger partial charge is 0.387 e. The van der Waals surface area contributed by atoms with Crippen molar-refractivity contribution >= 4 is 0 Å². The molecule has 14 heavy (non-hydrogen) atoms. The van der Waals surface area contributed by atoms with Gasteiger partial charge in [0, 0.05) is 0 Å². The average Bonchev–Trinajstić information content (AvgIpc) is 2.11. The maximum absolute atomic E-state index is 12.8. The molecule has 0 heterocycles. The molecule has 1 aromatic rings. The fourth-order valence-corrected chi connectivity index (χ4v) is 0.890. The Morgan fingerprint density at radius 2 is 1.93 bits per heavy atom. The molecule has 0 amide bonds. The SMILES string of the molecule is OCc1cc(F)c(F)c(OC(F)F)c1. The van der Waals surface area contributed by atoms with Crippen LogP contribution in [0.4, 0.5) is 17.6 Å². The molecule has 0 saturated carbocycles. The number of aliphatic hydroxyl groups is 1. The van der Waals surface area contributed by atoms with Gasteiger partial charge in [-0.15, -0.1) is 0 Å². The van der Waals surface area contributed by atoms with Gasteiger partial charge in [0.25, 0.3) is 0 Å². The number of rotatable bonds is 3. The van der Waals surface area contributed by atoms with Crippen molar-refractivity contribution in [3.05, 3.63) is 29.3 Å². The largest absolute Gasteiger partial charge is 0.432 e. The molecule has 0 fully saturated rings. The van der Waals surface area contributed by atoms with Crippen molar-refractivity contribution in [2.45, 2.75) is 13.2 Å². The number of alkyl halides is 2. The van der Waals surface area contributed by atoms with E-state index in [4.69, 9.17) is 5.11 Å². The van der Waals surface area contributed by atoms with Gasteiger partial charge in [0.1, 0.15) is 0 Å². The van der Waals surface area contributed by atoms with Crippen molar-refractivity contribution in [3.63, 3.8) is 0 Å². The lowest BCUT2D eigenvalue weighted by molar-refractivity contribution is -0.0526. The summed E-state index contributed by atoms with van der Waals surface area (Å²) in [6, 6.07) is 1.51. The van der Waals surface area contributed by atoms with Gasteiger partial charge in [-0.3, -0.25) is 0 Å². The standard InChI is InChI=1S/C8H6F4O2/c9-5-1-4(3-13)2-6(7(5)10)14-8(11)12/h1-2,8,13H,3H2. The summed E-state index contributed by atoms with van der Waals surface area (Å²) in [4.78, 5) is 0. The highest BCUT2D eigenvalue weighted by atomic mass is 19.3. The van der Waals surface area contributed by atoms with Gasteiger partial charge in [-0.05, 0) is 17.7 Å². The minimum absolute atomic E-state index is 0.0421. The highest BCUT2D eigenvalue weighted by molar-refractivity contribution is 5.31. The van der Waals surface area contributed by atoms with E-state index in [1.807, 2.05) is 0 Å². The molecule has 0 aliphatic carbocycles. The van der Waals surface area contributed by atoms with Crippen molar-refractivity contribution in [3.8, 4) is 5.75 Å². The second kappa shape index (κ2) is 4.28. The lowest BCUT2D eigenvalue weighted by Gasteiger charge is -2.07. The lowest BCUT2D eigenvalue weighted by atomic mass is 10.2. The first-order valence-corrected chi connectivity index (χ1v) is 3.58. The van der Waals surface area contributed by atoms with E-state index < -0.39 is 30.6 Å². The van der Waals surface area contributed by atoms with Gasteiger partial charge < -0.3 is 9.84 Å². The number of ether oxygens (including phenoxy) is 1. The molecule has 0 aromatic heterocycles. The first-order valence-electron chi connectivity index (χ1n) is 3.58. The molecule has 1 N–H and O–H groups in total. The van der Waals surface area contributed by atoms with Gasteiger partial charge in [-0.25, -0.2) is 4.39 Å². The van der Waals surface area contributed by atoms with Crippen LogP contribution in [0.2, 0.25) is 0 Å². The normalized spacial score (nSPS) is 10.7. The molecule has 0 saturated heterocycles. The average molecular weight is 210 g/mol. The fourth-order valence-electron chi connectivity index (χ4n) is 0.890. The Bertz CT molecular complexity index is 327. The van der Waals surface area contributed by atoms with E-state index >= 15 is 0 Å². The summed E-state index contributed by atoms with van der Waals surface area (Å²) < 4.78 is 52.5. The Balaban J connectivity index is 3.07. The van der Waals surface area contributed by atoms with Crippen LogP contribution in [0.25, 0.3) is 0 Å². The fraction of sp³-hybridized carbons (Fsp3) is 0.250. The maximum Gasteiger partial charge on any atom is 0.387 e. The van der Waals surface area contributed by atoms with Crippen LogP contribution in [0, 0.1) is 11.6 Å². The zero-order valence-electron chi connectivity index (χ0n) is 6.81. The Hall–Kier alpha value is -1.30. The number of hydrogen-bond donors (Lipinski definition) is 1. The Kier molecular flexibility index (Phi) is 3.29. The van der Waals surface area contributed by atoms with Gasteiger partial charge in [-0.2, -0.15) is 13.2 Å². The van der Waals surface area contributed by atoms with E-state index in [0.717, 1.165) is 6.07 Å². The van der Waals surface area contributed by atoms with E-state index in [2.05, 4.69) is 4.74 Å². The molecule has 0 bridgehead atoms. The van der Waals surface area contributed by atoms with Gasteiger partial charge in [0.2, 0.25) is 5.82 Å². The van der Waals surface area contributed by atoms with Crippen LogP contribution in [0.15, 0.2) is 12.1 Å². The van der Waals surface area contributed by atoms with E-state index in [9.17, 15) is 17.6 Å².